The molecule has 0 fully saturated rings. The highest BCUT2D eigenvalue weighted by molar-refractivity contribution is 4.52. The number of hydrogen-bond donors (Lipinski definition) is 0. The van der Waals surface area contributed by atoms with Gasteiger partial charge in [0.15, 0.2) is 0 Å². The number of unbranched alkanes of at least 4 members (excludes halogenated alkanes) is 3. The number of ether oxygens (including phenoxy) is 1. The lowest BCUT2D eigenvalue weighted by molar-refractivity contribution is 0.0746. The van der Waals surface area contributed by atoms with Crippen molar-refractivity contribution in [1.29, 1.82) is 0 Å². The van der Waals surface area contributed by atoms with E-state index < -0.39 is 0 Å². The Kier molecular flexibility index (Phi) is 10.4. The molecule has 0 N–H and O–H groups in total. The molecule has 0 saturated carbocycles. The minimum atomic E-state index is 0.382. The fourth-order valence-corrected chi connectivity index (χ4v) is 1.55. The molecule has 0 bridgehead atoms. The van der Waals surface area contributed by atoms with Gasteiger partial charge in [-0.2, -0.15) is 0 Å². The SMILES string of the molecule is CCCCCN(C)CCCCOC(C)C. The maximum Gasteiger partial charge on any atom is 0.0518 e. The van der Waals surface area contributed by atoms with Crippen LogP contribution in [0.4, 0.5) is 0 Å². The first kappa shape index (κ1) is 14.9. The average molecular weight is 215 g/mol. The van der Waals surface area contributed by atoms with E-state index in [0.717, 1.165) is 6.61 Å². The summed E-state index contributed by atoms with van der Waals surface area (Å²) in [4.78, 5) is 2.44. The number of nitrogens with zero attached hydrogens (tertiary/aromatic N) is 1. The van der Waals surface area contributed by atoms with Crippen molar-refractivity contribution in [3.8, 4) is 0 Å². The van der Waals surface area contributed by atoms with Crippen molar-refractivity contribution in [1.82, 2.24) is 4.90 Å². The third-order valence-electron chi connectivity index (χ3n) is 2.53. The van der Waals surface area contributed by atoms with Crippen molar-refractivity contribution < 1.29 is 4.74 Å². The Morgan fingerprint density at radius 3 is 2.13 bits per heavy atom. The zero-order valence-corrected chi connectivity index (χ0v) is 11.1. The van der Waals surface area contributed by atoms with E-state index in [1.165, 1.54) is 45.2 Å². The minimum absolute atomic E-state index is 0.382. The predicted octanol–water partition coefficient (Wildman–Crippen LogP) is 3.31. The van der Waals surface area contributed by atoms with Gasteiger partial charge in [0.05, 0.1) is 6.10 Å². The quantitative estimate of drug-likeness (QED) is 0.518. The highest BCUT2D eigenvalue weighted by Gasteiger charge is 1.98. The van der Waals surface area contributed by atoms with Crippen LogP contribution in [-0.2, 0) is 4.74 Å². The molecule has 0 aliphatic carbocycles. The van der Waals surface area contributed by atoms with Crippen LogP contribution in [0.5, 0.6) is 0 Å². The van der Waals surface area contributed by atoms with Crippen LogP contribution in [0.3, 0.4) is 0 Å². The molecule has 92 valence electrons. The summed E-state index contributed by atoms with van der Waals surface area (Å²) in [7, 11) is 2.22. The number of rotatable bonds is 10. The first-order valence-corrected chi connectivity index (χ1v) is 6.47. The second kappa shape index (κ2) is 10.4. The summed E-state index contributed by atoms with van der Waals surface area (Å²) in [5, 5.41) is 0. The standard InChI is InChI=1S/C13H29NO/c1-5-6-7-10-14(4)11-8-9-12-15-13(2)3/h13H,5-12H2,1-4H3. The smallest absolute Gasteiger partial charge is 0.0518 e. The Labute approximate surface area is 96.0 Å². The summed E-state index contributed by atoms with van der Waals surface area (Å²) in [5.41, 5.74) is 0. The lowest BCUT2D eigenvalue weighted by Gasteiger charge is -2.16. The van der Waals surface area contributed by atoms with Crippen LogP contribution >= 0.6 is 0 Å². The fourth-order valence-electron chi connectivity index (χ4n) is 1.55. The van der Waals surface area contributed by atoms with Gasteiger partial charge in [0.2, 0.25) is 0 Å². The van der Waals surface area contributed by atoms with Gasteiger partial charge in [-0.15, -0.1) is 0 Å². The van der Waals surface area contributed by atoms with Gasteiger partial charge in [-0.25, -0.2) is 0 Å². The van der Waals surface area contributed by atoms with Crippen LogP contribution in [0.25, 0.3) is 0 Å². The van der Waals surface area contributed by atoms with E-state index in [-0.39, 0.29) is 0 Å². The van der Waals surface area contributed by atoms with E-state index in [2.05, 4.69) is 32.7 Å². The van der Waals surface area contributed by atoms with Crippen LogP contribution < -0.4 is 0 Å². The largest absolute Gasteiger partial charge is 0.379 e. The monoisotopic (exact) mass is 215 g/mol. The first-order chi connectivity index (χ1) is 7.16. The summed E-state index contributed by atoms with van der Waals surface area (Å²) in [6, 6.07) is 0. The topological polar surface area (TPSA) is 12.5 Å². The lowest BCUT2D eigenvalue weighted by atomic mass is 10.2. The van der Waals surface area contributed by atoms with Crippen molar-refractivity contribution in [3.05, 3.63) is 0 Å². The lowest BCUT2D eigenvalue weighted by Crippen LogP contribution is -2.21. The summed E-state index contributed by atoms with van der Waals surface area (Å²) in [5.74, 6) is 0. The third kappa shape index (κ3) is 11.8. The molecule has 0 saturated heterocycles. The van der Waals surface area contributed by atoms with Crippen LogP contribution in [0.2, 0.25) is 0 Å². The highest BCUT2D eigenvalue weighted by atomic mass is 16.5. The molecule has 0 aliphatic rings. The summed E-state index contributed by atoms with van der Waals surface area (Å²) in [6.07, 6.45) is 6.85. The van der Waals surface area contributed by atoms with Crippen molar-refractivity contribution in [2.45, 2.75) is 59.0 Å². The molecule has 2 nitrogen and oxygen atoms in total. The first-order valence-electron chi connectivity index (χ1n) is 6.47. The van der Waals surface area contributed by atoms with E-state index in [1.807, 2.05) is 0 Å². The Hall–Kier alpha value is -0.0800. The van der Waals surface area contributed by atoms with Crippen molar-refractivity contribution >= 4 is 0 Å². The van der Waals surface area contributed by atoms with Gasteiger partial charge in [0.1, 0.15) is 0 Å². The Morgan fingerprint density at radius 2 is 1.60 bits per heavy atom. The Morgan fingerprint density at radius 1 is 1.00 bits per heavy atom. The van der Waals surface area contributed by atoms with Crippen molar-refractivity contribution in [2.24, 2.45) is 0 Å². The molecule has 0 heterocycles. The average Bonchev–Trinajstić information content (AvgIpc) is 2.17. The maximum atomic E-state index is 5.50. The van der Waals surface area contributed by atoms with Crippen LogP contribution in [0.15, 0.2) is 0 Å². The Balaban J connectivity index is 3.13. The normalized spacial score (nSPS) is 11.6. The van der Waals surface area contributed by atoms with Gasteiger partial charge in [0.25, 0.3) is 0 Å². The maximum absolute atomic E-state index is 5.50. The van der Waals surface area contributed by atoms with E-state index in [1.54, 1.807) is 0 Å². The molecule has 15 heavy (non-hydrogen) atoms. The molecule has 0 aliphatic heterocycles. The summed E-state index contributed by atoms with van der Waals surface area (Å²) >= 11 is 0. The van der Waals surface area contributed by atoms with Gasteiger partial charge < -0.3 is 9.64 Å². The van der Waals surface area contributed by atoms with Gasteiger partial charge >= 0.3 is 0 Å². The molecular weight excluding hydrogens is 186 g/mol. The zero-order chi connectivity index (χ0) is 11.5. The molecule has 0 aromatic rings. The fraction of sp³-hybridized carbons (Fsp3) is 1.00. The molecule has 0 rings (SSSR count). The summed E-state index contributed by atoms with van der Waals surface area (Å²) < 4.78 is 5.50. The Bertz CT molecular complexity index is 126. The molecular formula is C13H29NO. The number of hydrogen-bond acceptors (Lipinski definition) is 2. The molecule has 0 aromatic carbocycles. The van der Waals surface area contributed by atoms with Crippen LogP contribution in [-0.4, -0.2) is 37.7 Å². The molecule has 0 atom stereocenters. The highest BCUT2D eigenvalue weighted by Crippen LogP contribution is 1.99. The van der Waals surface area contributed by atoms with E-state index >= 15 is 0 Å². The van der Waals surface area contributed by atoms with Crippen molar-refractivity contribution in [3.63, 3.8) is 0 Å². The molecule has 2 heteroatoms. The second-order valence-electron chi connectivity index (χ2n) is 4.64. The predicted molar refractivity (Wildman–Crippen MR) is 67.3 cm³/mol. The summed E-state index contributed by atoms with van der Waals surface area (Å²) in [6.45, 7) is 9.82. The molecule has 0 amide bonds. The van der Waals surface area contributed by atoms with E-state index in [0.29, 0.717) is 6.10 Å². The van der Waals surface area contributed by atoms with Crippen molar-refractivity contribution in [2.75, 3.05) is 26.7 Å². The van der Waals surface area contributed by atoms with Crippen LogP contribution in [0, 0.1) is 0 Å². The van der Waals surface area contributed by atoms with Gasteiger partial charge in [-0.05, 0) is 53.2 Å². The minimum Gasteiger partial charge on any atom is -0.379 e. The van der Waals surface area contributed by atoms with E-state index in [4.69, 9.17) is 4.74 Å². The molecule has 0 unspecified atom stereocenters. The third-order valence-corrected chi connectivity index (χ3v) is 2.53. The second-order valence-corrected chi connectivity index (χ2v) is 4.64. The molecule has 0 spiro atoms. The molecule has 0 radical (unpaired) electrons. The van der Waals surface area contributed by atoms with Gasteiger partial charge in [0, 0.05) is 6.61 Å². The molecule has 0 aromatic heterocycles. The van der Waals surface area contributed by atoms with E-state index in [9.17, 15) is 0 Å². The zero-order valence-electron chi connectivity index (χ0n) is 11.1. The van der Waals surface area contributed by atoms with Gasteiger partial charge in [-0.3, -0.25) is 0 Å². The van der Waals surface area contributed by atoms with Crippen LogP contribution in [0.1, 0.15) is 52.9 Å². The van der Waals surface area contributed by atoms with Gasteiger partial charge in [-0.1, -0.05) is 19.8 Å².